The zero-order chi connectivity index (χ0) is 12.6. The number of benzene rings is 1. The van der Waals surface area contributed by atoms with Gasteiger partial charge in [-0.25, -0.2) is 0 Å². The molecule has 0 radical (unpaired) electrons. The van der Waals surface area contributed by atoms with Crippen molar-refractivity contribution in [1.29, 1.82) is 0 Å². The molecular formula is C11H13BrO4. The van der Waals surface area contributed by atoms with Crippen LogP contribution in [0.5, 0.6) is 0 Å². The summed E-state index contributed by atoms with van der Waals surface area (Å²) in [5.41, 5.74) is 0.820. The van der Waals surface area contributed by atoms with E-state index in [4.69, 9.17) is 5.11 Å². The van der Waals surface area contributed by atoms with Gasteiger partial charge in [0.05, 0.1) is 13.5 Å². The summed E-state index contributed by atoms with van der Waals surface area (Å²) in [6.45, 7) is 1.36. The van der Waals surface area contributed by atoms with Crippen molar-refractivity contribution in [3.8, 4) is 0 Å². The van der Waals surface area contributed by atoms with Crippen LogP contribution in [0.4, 0.5) is 0 Å². The van der Waals surface area contributed by atoms with Crippen LogP contribution < -0.4 is 0 Å². The molecule has 0 saturated heterocycles. The molecule has 0 atom stereocenters. The molecule has 4 nitrogen and oxygen atoms in total. The summed E-state index contributed by atoms with van der Waals surface area (Å²) >= 11 is 3.26. The van der Waals surface area contributed by atoms with Crippen LogP contribution >= 0.6 is 15.9 Å². The highest BCUT2D eigenvalue weighted by Gasteiger charge is 1.98. The third-order valence-electron chi connectivity index (χ3n) is 1.56. The van der Waals surface area contributed by atoms with E-state index in [2.05, 4.69) is 20.7 Å². The van der Waals surface area contributed by atoms with Gasteiger partial charge in [0, 0.05) is 11.4 Å². The van der Waals surface area contributed by atoms with Gasteiger partial charge in [-0.2, -0.15) is 0 Å². The number of carboxylic acids is 1. The van der Waals surface area contributed by atoms with Gasteiger partial charge in [0.15, 0.2) is 0 Å². The molecule has 0 bridgehead atoms. The molecule has 0 spiro atoms. The lowest BCUT2D eigenvalue weighted by atomic mass is 10.2. The predicted molar refractivity (Wildman–Crippen MR) is 63.2 cm³/mol. The van der Waals surface area contributed by atoms with Crippen LogP contribution in [0.3, 0.4) is 0 Å². The molecule has 0 heterocycles. The van der Waals surface area contributed by atoms with E-state index in [1.54, 1.807) is 12.1 Å². The van der Waals surface area contributed by atoms with E-state index in [-0.39, 0.29) is 12.4 Å². The predicted octanol–water partition coefficient (Wildman–Crippen LogP) is 2.26. The number of aliphatic carboxylic acids is 1. The SMILES string of the molecule is COC(C)=O.O=C(O)Cc1ccc(Br)cc1. The highest BCUT2D eigenvalue weighted by Crippen LogP contribution is 2.10. The zero-order valence-electron chi connectivity index (χ0n) is 9.07. The van der Waals surface area contributed by atoms with Gasteiger partial charge in [-0.3, -0.25) is 9.59 Å². The van der Waals surface area contributed by atoms with Crippen molar-refractivity contribution in [2.75, 3.05) is 7.11 Å². The van der Waals surface area contributed by atoms with Crippen LogP contribution in [-0.2, 0) is 20.7 Å². The minimum atomic E-state index is -0.799. The number of hydrogen-bond donors (Lipinski definition) is 1. The summed E-state index contributed by atoms with van der Waals surface area (Å²) in [5.74, 6) is -1.04. The van der Waals surface area contributed by atoms with Gasteiger partial charge in [0.2, 0.25) is 0 Å². The van der Waals surface area contributed by atoms with Crippen LogP contribution in [0.2, 0.25) is 0 Å². The van der Waals surface area contributed by atoms with Crippen molar-refractivity contribution in [1.82, 2.24) is 0 Å². The minimum Gasteiger partial charge on any atom is -0.481 e. The Hall–Kier alpha value is -1.36. The van der Waals surface area contributed by atoms with Crippen molar-refractivity contribution in [2.24, 2.45) is 0 Å². The van der Waals surface area contributed by atoms with Crippen LogP contribution in [0.1, 0.15) is 12.5 Å². The molecule has 0 aliphatic heterocycles. The molecule has 0 unspecified atom stereocenters. The Morgan fingerprint density at radius 3 is 2.06 bits per heavy atom. The average Bonchev–Trinajstić information content (AvgIpc) is 2.22. The Morgan fingerprint density at radius 1 is 1.31 bits per heavy atom. The number of ether oxygens (including phenoxy) is 1. The Kier molecular flexibility index (Phi) is 7.20. The summed E-state index contributed by atoms with van der Waals surface area (Å²) in [6.07, 6.45) is 0.0906. The van der Waals surface area contributed by atoms with Gasteiger partial charge in [0.1, 0.15) is 0 Å². The van der Waals surface area contributed by atoms with Gasteiger partial charge < -0.3 is 9.84 Å². The van der Waals surface area contributed by atoms with Gasteiger partial charge in [0.25, 0.3) is 0 Å². The van der Waals surface area contributed by atoms with E-state index in [1.165, 1.54) is 14.0 Å². The molecule has 0 amide bonds. The maximum atomic E-state index is 10.2. The molecule has 5 heteroatoms. The van der Waals surface area contributed by atoms with E-state index in [1.807, 2.05) is 12.1 Å². The van der Waals surface area contributed by atoms with Gasteiger partial charge in [-0.1, -0.05) is 28.1 Å². The largest absolute Gasteiger partial charge is 0.481 e. The first-order valence-corrected chi connectivity index (χ1v) is 5.25. The lowest BCUT2D eigenvalue weighted by Crippen LogP contribution is -1.99. The molecular weight excluding hydrogens is 276 g/mol. The fourth-order valence-corrected chi connectivity index (χ4v) is 1.04. The Labute approximate surface area is 102 Å². The molecule has 0 aliphatic carbocycles. The first-order valence-electron chi connectivity index (χ1n) is 4.46. The third-order valence-corrected chi connectivity index (χ3v) is 2.08. The minimum absolute atomic E-state index is 0.0906. The zero-order valence-corrected chi connectivity index (χ0v) is 10.7. The first kappa shape index (κ1) is 14.6. The van der Waals surface area contributed by atoms with Crippen molar-refractivity contribution in [3.63, 3.8) is 0 Å². The summed E-state index contributed by atoms with van der Waals surface area (Å²) in [6, 6.07) is 7.24. The molecule has 16 heavy (non-hydrogen) atoms. The van der Waals surface area contributed by atoms with Crippen molar-refractivity contribution >= 4 is 27.9 Å². The molecule has 0 aliphatic rings. The van der Waals surface area contributed by atoms with E-state index in [0.717, 1.165) is 10.0 Å². The van der Waals surface area contributed by atoms with Crippen LogP contribution in [0.15, 0.2) is 28.7 Å². The third kappa shape index (κ3) is 7.99. The number of carbonyl (C=O) groups excluding carboxylic acids is 1. The maximum absolute atomic E-state index is 10.2. The molecule has 1 rings (SSSR count). The number of halogens is 1. The molecule has 0 saturated carbocycles. The number of hydrogen-bond acceptors (Lipinski definition) is 3. The summed E-state index contributed by atoms with van der Waals surface area (Å²) in [5, 5.41) is 8.42. The molecule has 88 valence electrons. The number of esters is 1. The second-order valence-corrected chi connectivity index (χ2v) is 3.81. The standard InChI is InChI=1S/C8H7BrO2.C3H6O2/c9-7-3-1-6(2-4-7)5-8(10)11;1-3(4)5-2/h1-4H,5H2,(H,10,11);1-2H3. The molecule has 0 fully saturated rings. The smallest absolute Gasteiger partial charge is 0.307 e. The van der Waals surface area contributed by atoms with Gasteiger partial charge in [-0.05, 0) is 17.7 Å². The van der Waals surface area contributed by atoms with Gasteiger partial charge >= 0.3 is 11.9 Å². The van der Waals surface area contributed by atoms with Crippen molar-refractivity contribution in [3.05, 3.63) is 34.3 Å². The fraction of sp³-hybridized carbons (Fsp3) is 0.273. The van der Waals surface area contributed by atoms with Crippen molar-refractivity contribution in [2.45, 2.75) is 13.3 Å². The monoisotopic (exact) mass is 288 g/mol. The van der Waals surface area contributed by atoms with Crippen molar-refractivity contribution < 1.29 is 19.4 Å². The summed E-state index contributed by atoms with van der Waals surface area (Å²) in [7, 11) is 1.35. The molecule has 1 aromatic rings. The molecule has 1 N–H and O–H groups in total. The number of methoxy groups -OCH3 is 1. The number of rotatable bonds is 2. The first-order chi connectivity index (χ1) is 7.45. The maximum Gasteiger partial charge on any atom is 0.307 e. The summed E-state index contributed by atoms with van der Waals surface area (Å²) in [4.78, 5) is 19.8. The Morgan fingerprint density at radius 2 is 1.75 bits per heavy atom. The van der Waals surface area contributed by atoms with Gasteiger partial charge in [-0.15, -0.1) is 0 Å². The van der Waals surface area contributed by atoms with Crippen LogP contribution in [0, 0.1) is 0 Å². The topological polar surface area (TPSA) is 63.6 Å². The fourth-order valence-electron chi connectivity index (χ4n) is 0.777. The molecule has 0 aromatic heterocycles. The summed E-state index contributed by atoms with van der Waals surface area (Å²) < 4.78 is 5.08. The normalized spacial score (nSPS) is 8.69. The van der Waals surface area contributed by atoms with Crippen LogP contribution in [-0.4, -0.2) is 24.2 Å². The molecule has 1 aromatic carbocycles. The van der Waals surface area contributed by atoms with E-state index in [0.29, 0.717) is 0 Å². The number of carboxylic acid groups (broad SMARTS) is 1. The highest BCUT2D eigenvalue weighted by atomic mass is 79.9. The number of carbonyl (C=O) groups is 2. The Balaban J connectivity index is 0.000000385. The van der Waals surface area contributed by atoms with E-state index >= 15 is 0 Å². The quantitative estimate of drug-likeness (QED) is 0.848. The second-order valence-electron chi connectivity index (χ2n) is 2.89. The highest BCUT2D eigenvalue weighted by molar-refractivity contribution is 9.10. The Bertz CT molecular complexity index is 346. The van der Waals surface area contributed by atoms with Crippen LogP contribution in [0.25, 0.3) is 0 Å². The van der Waals surface area contributed by atoms with E-state index in [9.17, 15) is 9.59 Å². The lowest BCUT2D eigenvalue weighted by molar-refractivity contribution is -0.138. The van der Waals surface area contributed by atoms with E-state index < -0.39 is 5.97 Å². The second kappa shape index (κ2) is 7.87. The lowest BCUT2D eigenvalue weighted by Gasteiger charge is -1.95. The average molecular weight is 289 g/mol.